The number of primary amides is 1. The second-order valence-corrected chi connectivity index (χ2v) is 9.16. The number of hydrogen-bond donors (Lipinski definition) is 3. The van der Waals surface area contributed by atoms with Gasteiger partial charge in [-0.15, -0.1) is 0 Å². The van der Waals surface area contributed by atoms with Crippen molar-refractivity contribution in [3.05, 3.63) is 77.0 Å². The fraction of sp³-hybridized carbons (Fsp3) is 0.333. The van der Waals surface area contributed by atoms with Gasteiger partial charge in [-0.1, -0.05) is 55.1 Å². The molecule has 1 saturated carbocycles. The summed E-state index contributed by atoms with van der Waals surface area (Å²) in [5, 5.41) is 0. The largest absolute Gasteiger partial charge is 0.383 e. The summed E-state index contributed by atoms with van der Waals surface area (Å²) in [7, 11) is 0. The molecule has 1 heterocycles. The number of amides is 1. The van der Waals surface area contributed by atoms with Crippen LogP contribution >= 0.6 is 11.9 Å². The molecule has 0 spiro atoms. The standard InChI is InChI=1S/C14H20O.C13H14N4OS/c1-11-7-8-13(9-12(11)2)10-15-14-5-3-4-6-14;1-19-17-10-4-2-3-8(5-10)9-6-11(13(15)18)12(14)16-7-9/h7-9,14H,3-6,10H2,1-2H3;2-7,17H,1H3,(H2,14,16)(H2,15,18). The van der Waals surface area contributed by atoms with E-state index < -0.39 is 5.91 Å². The van der Waals surface area contributed by atoms with Gasteiger partial charge in [0, 0.05) is 23.7 Å². The number of carbonyl (C=O) groups excluding carboxylic acids is 1. The first-order chi connectivity index (χ1) is 16.4. The van der Waals surface area contributed by atoms with Crippen molar-refractivity contribution in [1.29, 1.82) is 0 Å². The van der Waals surface area contributed by atoms with E-state index in [-0.39, 0.29) is 11.4 Å². The number of nitrogen functional groups attached to an aromatic ring is 1. The molecule has 180 valence electrons. The minimum atomic E-state index is -0.578. The number of benzene rings is 2. The van der Waals surface area contributed by atoms with Gasteiger partial charge in [0.15, 0.2) is 0 Å². The maximum absolute atomic E-state index is 11.3. The fourth-order valence-corrected chi connectivity index (χ4v) is 4.24. The van der Waals surface area contributed by atoms with Crippen molar-refractivity contribution in [3.63, 3.8) is 0 Å². The second-order valence-electron chi connectivity index (χ2n) is 8.54. The zero-order valence-electron chi connectivity index (χ0n) is 20.1. The smallest absolute Gasteiger partial charge is 0.252 e. The van der Waals surface area contributed by atoms with Crippen LogP contribution in [0.2, 0.25) is 0 Å². The Labute approximate surface area is 206 Å². The summed E-state index contributed by atoms with van der Waals surface area (Å²) in [5.41, 5.74) is 17.9. The topological polar surface area (TPSA) is 103 Å². The third-order valence-corrected chi connectivity index (χ3v) is 6.40. The van der Waals surface area contributed by atoms with E-state index >= 15 is 0 Å². The summed E-state index contributed by atoms with van der Waals surface area (Å²) in [6.07, 6.45) is 9.29. The van der Waals surface area contributed by atoms with Gasteiger partial charge < -0.3 is 20.9 Å². The summed E-state index contributed by atoms with van der Waals surface area (Å²) < 4.78 is 9.03. The number of aromatic nitrogens is 1. The molecule has 3 aromatic rings. The van der Waals surface area contributed by atoms with Gasteiger partial charge in [-0.05, 0) is 67.1 Å². The summed E-state index contributed by atoms with van der Waals surface area (Å²) in [6, 6.07) is 16.0. The van der Waals surface area contributed by atoms with Crippen molar-refractivity contribution in [2.24, 2.45) is 5.73 Å². The number of pyridine rings is 1. The normalized spacial score (nSPS) is 13.3. The summed E-state index contributed by atoms with van der Waals surface area (Å²) in [6.45, 7) is 5.09. The highest BCUT2D eigenvalue weighted by atomic mass is 32.2. The number of nitrogens with two attached hydrogens (primary N) is 2. The van der Waals surface area contributed by atoms with Gasteiger partial charge >= 0.3 is 0 Å². The van der Waals surface area contributed by atoms with Crippen LogP contribution in [-0.2, 0) is 11.3 Å². The van der Waals surface area contributed by atoms with E-state index in [1.165, 1.54) is 54.3 Å². The van der Waals surface area contributed by atoms with Gasteiger partial charge in [0.2, 0.25) is 0 Å². The summed E-state index contributed by atoms with van der Waals surface area (Å²) >= 11 is 1.51. The van der Waals surface area contributed by atoms with E-state index in [1.54, 1.807) is 12.3 Å². The van der Waals surface area contributed by atoms with Crippen LogP contribution in [0.5, 0.6) is 0 Å². The van der Waals surface area contributed by atoms with Crippen LogP contribution in [0.25, 0.3) is 11.1 Å². The molecule has 7 heteroatoms. The molecule has 1 aliphatic carbocycles. The van der Waals surface area contributed by atoms with Crippen molar-refractivity contribution in [1.82, 2.24) is 4.98 Å². The first-order valence-electron chi connectivity index (χ1n) is 11.5. The van der Waals surface area contributed by atoms with Crippen molar-refractivity contribution in [2.45, 2.75) is 52.2 Å². The van der Waals surface area contributed by atoms with Crippen LogP contribution in [0, 0.1) is 13.8 Å². The molecular formula is C27H34N4O2S. The fourth-order valence-electron chi connectivity index (χ4n) is 3.87. The number of aryl methyl sites for hydroxylation is 2. The number of anilines is 2. The highest BCUT2D eigenvalue weighted by Gasteiger charge is 2.15. The number of rotatable bonds is 7. The second kappa shape index (κ2) is 12.4. The molecule has 0 saturated heterocycles. The van der Waals surface area contributed by atoms with Gasteiger partial charge in [0.05, 0.1) is 18.3 Å². The predicted octanol–water partition coefficient (Wildman–Crippen LogP) is 5.88. The molecule has 34 heavy (non-hydrogen) atoms. The first-order valence-corrected chi connectivity index (χ1v) is 12.7. The lowest BCUT2D eigenvalue weighted by atomic mass is 10.0. The van der Waals surface area contributed by atoms with Crippen molar-refractivity contribution in [2.75, 3.05) is 16.7 Å². The van der Waals surface area contributed by atoms with Crippen molar-refractivity contribution >= 4 is 29.4 Å². The molecular weight excluding hydrogens is 444 g/mol. The lowest BCUT2D eigenvalue weighted by molar-refractivity contribution is 0.0456. The molecule has 1 amide bonds. The lowest BCUT2D eigenvalue weighted by Crippen LogP contribution is -2.14. The van der Waals surface area contributed by atoms with Crippen molar-refractivity contribution < 1.29 is 9.53 Å². The molecule has 1 fully saturated rings. The number of ether oxygens (including phenoxy) is 1. The van der Waals surface area contributed by atoms with Gasteiger partial charge in [-0.2, -0.15) is 0 Å². The minimum absolute atomic E-state index is 0.148. The molecule has 2 aromatic carbocycles. The summed E-state index contributed by atoms with van der Waals surface area (Å²) in [4.78, 5) is 15.3. The van der Waals surface area contributed by atoms with Gasteiger partial charge in [0.1, 0.15) is 5.82 Å². The summed E-state index contributed by atoms with van der Waals surface area (Å²) in [5.74, 6) is -0.431. The molecule has 5 N–H and O–H groups in total. The van der Waals surface area contributed by atoms with Crippen LogP contribution in [-0.4, -0.2) is 23.3 Å². The number of nitrogens with zero attached hydrogens (tertiary/aromatic N) is 1. The average Bonchev–Trinajstić information content (AvgIpc) is 3.35. The molecule has 0 bridgehead atoms. The van der Waals surface area contributed by atoms with Crippen LogP contribution in [0.1, 0.15) is 52.7 Å². The maximum Gasteiger partial charge on any atom is 0.252 e. The Balaban J connectivity index is 0.000000196. The van der Waals surface area contributed by atoms with E-state index in [1.807, 2.05) is 30.5 Å². The molecule has 0 unspecified atom stereocenters. The minimum Gasteiger partial charge on any atom is -0.383 e. The third-order valence-electron chi connectivity index (χ3n) is 5.96. The quantitative estimate of drug-likeness (QED) is 0.366. The predicted molar refractivity (Wildman–Crippen MR) is 143 cm³/mol. The Morgan fingerprint density at radius 3 is 2.53 bits per heavy atom. The third kappa shape index (κ3) is 7.23. The van der Waals surface area contributed by atoms with Crippen LogP contribution in [0.15, 0.2) is 54.7 Å². The van der Waals surface area contributed by atoms with Crippen LogP contribution in [0.4, 0.5) is 11.5 Å². The molecule has 1 aromatic heterocycles. The Bertz CT molecular complexity index is 1110. The van der Waals surface area contributed by atoms with Crippen LogP contribution < -0.4 is 16.2 Å². The molecule has 6 nitrogen and oxygen atoms in total. The average molecular weight is 479 g/mol. The highest BCUT2D eigenvalue weighted by molar-refractivity contribution is 7.99. The van der Waals surface area contributed by atoms with E-state index in [2.05, 4.69) is 41.8 Å². The first kappa shape index (κ1) is 25.6. The van der Waals surface area contributed by atoms with E-state index in [0.717, 1.165) is 23.4 Å². The molecule has 0 atom stereocenters. The van der Waals surface area contributed by atoms with Gasteiger partial charge in [0.25, 0.3) is 5.91 Å². The maximum atomic E-state index is 11.3. The van der Waals surface area contributed by atoms with Gasteiger partial charge in [-0.25, -0.2) is 4.98 Å². The SMILES string of the molecule is CSNc1cccc(-c2cnc(N)c(C(N)=O)c2)c1.Cc1ccc(COC2CCCC2)cc1C. The monoisotopic (exact) mass is 478 g/mol. The number of nitrogens with one attached hydrogen (secondary N) is 1. The molecule has 0 radical (unpaired) electrons. The molecule has 1 aliphatic rings. The number of hydrogen-bond acceptors (Lipinski definition) is 6. The van der Waals surface area contributed by atoms with Crippen molar-refractivity contribution in [3.8, 4) is 11.1 Å². The van der Waals surface area contributed by atoms with Crippen LogP contribution in [0.3, 0.4) is 0 Å². The Kier molecular flexibility index (Phi) is 9.36. The van der Waals surface area contributed by atoms with E-state index in [4.69, 9.17) is 16.2 Å². The number of carbonyl (C=O) groups is 1. The van der Waals surface area contributed by atoms with Gasteiger partial charge in [-0.3, -0.25) is 4.79 Å². The zero-order valence-corrected chi connectivity index (χ0v) is 21.0. The van der Waals surface area contributed by atoms with E-state index in [0.29, 0.717) is 6.10 Å². The Morgan fingerprint density at radius 2 is 1.85 bits per heavy atom. The Hall–Kier alpha value is -3.03. The zero-order chi connectivity index (χ0) is 24.5. The lowest BCUT2D eigenvalue weighted by Gasteiger charge is -2.11. The Morgan fingerprint density at radius 1 is 1.09 bits per heavy atom. The highest BCUT2D eigenvalue weighted by Crippen LogP contribution is 2.25. The molecule has 0 aliphatic heterocycles. The molecule has 4 rings (SSSR count). The van der Waals surface area contributed by atoms with E-state index in [9.17, 15) is 4.79 Å².